The largest absolute Gasteiger partial charge is 0.368 e. The average molecular weight is 356 g/mol. The van der Waals surface area contributed by atoms with E-state index in [1.54, 1.807) is 6.20 Å². The van der Waals surface area contributed by atoms with E-state index in [9.17, 15) is 0 Å². The van der Waals surface area contributed by atoms with E-state index < -0.39 is 0 Å². The van der Waals surface area contributed by atoms with E-state index >= 15 is 0 Å². The lowest BCUT2D eigenvalue weighted by Crippen LogP contribution is -2.22. The number of anilines is 2. The third-order valence-electron chi connectivity index (χ3n) is 5.25. The van der Waals surface area contributed by atoms with Crippen LogP contribution in [0.1, 0.15) is 24.4 Å². The number of aromatic nitrogens is 4. The maximum Gasteiger partial charge on any atom is 0.220 e. The third-order valence-corrected chi connectivity index (χ3v) is 5.25. The van der Waals surface area contributed by atoms with Crippen LogP contribution in [0, 0.1) is 0 Å². The van der Waals surface area contributed by atoms with E-state index in [-0.39, 0.29) is 5.95 Å². The van der Waals surface area contributed by atoms with Crippen molar-refractivity contribution in [3.63, 3.8) is 0 Å². The number of fused-ring (bicyclic) bond motifs is 1. The van der Waals surface area contributed by atoms with E-state index in [0.717, 1.165) is 35.3 Å². The molecule has 3 N–H and O–H groups in total. The van der Waals surface area contributed by atoms with Crippen LogP contribution in [0.5, 0.6) is 0 Å². The van der Waals surface area contributed by atoms with Gasteiger partial charge in [-0.25, -0.2) is 15.0 Å². The minimum Gasteiger partial charge on any atom is -0.368 e. The minimum atomic E-state index is 0.274. The molecular formula is C21H20N6. The van der Waals surface area contributed by atoms with Crippen molar-refractivity contribution < 1.29 is 0 Å². The SMILES string of the molecule is Nc1nccc(-c2c[nH]c3nccc(N4CCCC4c4ccccc4)c23)n1. The molecule has 0 bridgehead atoms. The Labute approximate surface area is 157 Å². The van der Waals surface area contributed by atoms with Gasteiger partial charge in [0.1, 0.15) is 5.65 Å². The predicted molar refractivity (Wildman–Crippen MR) is 107 cm³/mol. The summed E-state index contributed by atoms with van der Waals surface area (Å²) in [5.41, 5.74) is 11.0. The van der Waals surface area contributed by atoms with Crippen LogP contribution in [0.3, 0.4) is 0 Å². The summed E-state index contributed by atoms with van der Waals surface area (Å²) in [6.07, 6.45) is 7.83. The molecule has 134 valence electrons. The van der Waals surface area contributed by atoms with Crippen LogP contribution < -0.4 is 10.6 Å². The number of hydrogen-bond acceptors (Lipinski definition) is 5. The number of nitrogens with zero attached hydrogens (tertiary/aromatic N) is 4. The smallest absolute Gasteiger partial charge is 0.220 e. The molecule has 0 aliphatic carbocycles. The molecule has 4 heterocycles. The van der Waals surface area contributed by atoms with Crippen molar-refractivity contribution in [2.75, 3.05) is 17.2 Å². The Kier molecular flexibility index (Phi) is 3.74. The summed E-state index contributed by atoms with van der Waals surface area (Å²) in [4.78, 5) is 18.7. The summed E-state index contributed by atoms with van der Waals surface area (Å²) in [5, 5.41) is 1.08. The van der Waals surface area contributed by atoms with Gasteiger partial charge in [-0.3, -0.25) is 0 Å². The van der Waals surface area contributed by atoms with Gasteiger partial charge < -0.3 is 15.6 Å². The Hall–Kier alpha value is -3.41. The molecule has 4 aromatic rings. The van der Waals surface area contributed by atoms with Crippen molar-refractivity contribution in [3.05, 3.63) is 66.6 Å². The highest BCUT2D eigenvalue weighted by Gasteiger charge is 2.28. The number of nitrogen functional groups attached to an aromatic ring is 1. The zero-order valence-corrected chi connectivity index (χ0v) is 14.8. The van der Waals surface area contributed by atoms with E-state index in [4.69, 9.17) is 5.73 Å². The van der Waals surface area contributed by atoms with Crippen LogP contribution in [0.15, 0.2) is 61.1 Å². The van der Waals surface area contributed by atoms with Gasteiger partial charge in [-0.05, 0) is 30.5 Å². The summed E-state index contributed by atoms with van der Waals surface area (Å²) in [6.45, 7) is 1.02. The van der Waals surface area contributed by atoms with E-state index in [0.29, 0.717) is 6.04 Å². The second kappa shape index (κ2) is 6.39. The molecule has 6 heteroatoms. The molecule has 1 aliphatic heterocycles. The van der Waals surface area contributed by atoms with Crippen LogP contribution in [-0.2, 0) is 0 Å². The van der Waals surface area contributed by atoms with Crippen LogP contribution in [-0.4, -0.2) is 26.5 Å². The Balaban J connectivity index is 1.66. The molecule has 0 amide bonds. The van der Waals surface area contributed by atoms with Crippen molar-refractivity contribution in [1.29, 1.82) is 0 Å². The molecule has 1 atom stereocenters. The number of benzene rings is 1. The molecule has 3 aromatic heterocycles. The fourth-order valence-electron chi connectivity index (χ4n) is 4.08. The summed E-state index contributed by atoms with van der Waals surface area (Å²) in [6, 6.07) is 15.1. The fraction of sp³-hybridized carbons (Fsp3) is 0.190. The lowest BCUT2D eigenvalue weighted by molar-refractivity contribution is 0.721. The first-order chi connectivity index (χ1) is 13.3. The standard InChI is InChI=1S/C21H20N6/c22-21-24-10-8-16(26-21)15-13-25-20-19(15)18(9-11-23-20)27-12-4-7-17(27)14-5-2-1-3-6-14/h1-3,5-6,8-11,13,17H,4,7,12H2,(H,23,25)(H2,22,24,26). The number of nitrogens with two attached hydrogens (primary N) is 1. The second-order valence-electron chi connectivity index (χ2n) is 6.82. The van der Waals surface area contributed by atoms with Crippen LogP contribution in [0.25, 0.3) is 22.3 Å². The molecule has 1 fully saturated rings. The van der Waals surface area contributed by atoms with Gasteiger partial charge in [0.2, 0.25) is 5.95 Å². The van der Waals surface area contributed by atoms with Gasteiger partial charge in [0, 0.05) is 30.7 Å². The lowest BCUT2D eigenvalue weighted by atomic mass is 10.0. The van der Waals surface area contributed by atoms with Gasteiger partial charge >= 0.3 is 0 Å². The highest BCUT2D eigenvalue weighted by Crippen LogP contribution is 2.41. The fourth-order valence-corrected chi connectivity index (χ4v) is 4.08. The number of rotatable bonds is 3. The predicted octanol–water partition coefficient (Wildman–Crippen LogP) is 3.94. The van der Waals surface area contributed by atoms with Gasteiger partial charge in [-0.1, -0.05) is 30.3 Å². The topological polar surface area (TPSA) is 83.7 Å². The summed E-state index contributed by atoms with van der Waals surface area (Å²) in [7, 11) is 0. The zero-order valence-electron chi connectivity index (χ0n) is 14.8. The van der Waals surface area contributed by atoms with E-state index in [2.05, 4.69) is 61.2 Å². The first-order valence-electron chi connectivity index (χ1n) is 9.18. The number of H-pyrrole nitrogens is 1. The number of hydrogen-bond donors (Lipinski definition) is 2. The third kappa shape index (κ3) is 2.70. The average Bonchev–Trinajstić information content (AvgIpc) is 3.36. The number of pyridine rings is 1. The summed E-state index contributed by atoms with van der Waals surface area (Å²) >= 11 is 0. The Morgan fingerprint density at radius 1 is 1.04 bits per heavy atom. The molecule has 5 rings (SSSR count). The van der Waals surface area contributed by atoms with Gasteiger partial charge in [-0.15, -0.1) is 0 Å². The van der Waals surface area contributed by atoms with Crippen molar-refractivity contribution in [3.8, 4) is 11.3 Å². The molecule has 6 nitrogen and oxygen atoms in total. The Morgan fingerprint density at radius 3 is 2.74 bits per heavy atom. The second-order valence-corrected chi connectivity index (χ2v) is 6.82. The zero-order chi connectivity index (χ0) is 18.2. The minimum absolute atomic E-state index is 0.274. The molecule has 1 unspecified atom stereocenters. The molecular weight excluding hydrogens is 336 g/mol. The molecule has 1 saturated heterocycles. The summed E-state index contributed by atoms with van der Waals surface area (Å²) in [5.74, 6) is 0.274. The maximum absolute atomic E-state index is 5.81. The van der Waals surface area contributed by atoms with Gasteiger partial charge in [-0.2, -0.15) is 0 Å². The van der Waals surface area contributed by atoms with Crippen molar-refractivity contribution in [2.24, 2.45) is 0 Å². The van der Waals surface area contributed by atoms with Crippen molar-refractivity contribution >= 4 is 22.7 Å². The monoisotopic (exact) mass is 356 g/mol. The van der Waals surface area contributed by atoms with Crippen molar-refractivity contribution in [2.45, 2.75) is 18.9 Å². The first kappa shape index (κ1) is 15.8. The van der Waals surface area contributed by atoms with Crippen molar-refractivity contribution in [1.82, 2.24) is 19.9 Å². The summed E-state index contributed by atoms with van der Waals surface area (Å²) < 4.78 is 0. The molecule has 0 saturated carbocycles. The van der Waals surface area contributed by atoms with Gasteiger partial charge in [0.15, 0.2) is 0 Å². The quantitative estimate of drug-likeness (QED) is 0.581. The molecule has 1 aromatic carbocycles. The normalized spacial score (nSPS) is 16.9. The number of nitrogens with one attached hydrogen (secondary N) is 1. The molecule has 1 aliphatic rings. The van der Waals surface area contributed by atoms with Crippen LogP contribution >= 0.6 is 0 Å². The van der Waals surface area contributed by atoms with Crippen LogP contribution in [0.4, 0.5) is 11.6 Å². The Morgan fingerprint density at radius 2 is 1.89 bits per heavy atom. The molecule has 0 spiro atoms. The Bertz CT molecular complexity index is 1090. The van der Waals surface area contributed by atoms with E-state index in [1.807, 2.05) is 18.5 Å². The number of aromatic amines is 1. The van der Waals surface area contributed by atoms with E-state index in [1.165, 1.54) is 17.7 Å². The molecule has 0 radical (unpaired) electrons. The van der Waals surface area contributed by atoms with Gasteiger partial charge in [0.05, 0.1) is 22.8 Å². The van der Waals surface area contributed by atoms with Gasteiger partial charge in [0.25, 0.3) is 0 Å². The lowest BCUT2D eigenvalue weighted by Gasteiger charge is -2.28. The molecule has 27 heavy (non-hydrogen) atoms. The highest BCUT2D eigenvalue weighted by atomic mass is 15.2. The first-order valence-corrected chi connectivity index (χ1v) is 9.18. The highest BCUT2D eigenvalue weighted by molar-refractivity contribution is 6.02. The van der Waals surface area contributed by atoms with Crippen LogP contribution in [0.2, 0.25) is 0 Å². The maximum atomic E-state index is 5.81.